The number of hydrogen-bond donors (Lipinski definition) is 3. The Morgan fingerprint density at radius 2 is 1.73 bits per heavy atom. The summed E-state index contributed by atoms with van der Waals surface area (Å²) in [5.41, 5.74) is 2.98. The van der Waals surface area contributed by atoms with Gasteiger partial charge in [0.25, 0.3) is 11.8 Å². The van der Waals surface area contributed by atoms with Gasteiger partial charge in [-0.25, -0.2) is 9.37 Å². The minimum atomic E-state index is -0.521. The highest BCUT2D eigenvalue weighted by Gasteiger charge is 2.18. The maximum atomic E-state index is 13.3. The third-order valence-corrected chi connectivity index (χ3v) is 8.02. The van der Waals surface area contributed by atoms with Crippen molar-refractivity contribution in [2.24, 2.45) is 0 Å². The van der Waals surface area contributed by atoms with E-state index in [0.29, 0.717) is 27.6 Å². The zero-order valence-electron chi connectivity index (χ0n) is 23.4. The molecule has 11 heteroatoms. The van der Waals surface area contributed by atoms with Crippen LogP contribution < -0.4 is 16.0 Å². The van der Waals surface area contributed by atoms with Gasteiger partial charge in [-0.05, 0) is 79.2 Å². The van der Waals surface area contributed by atoms with Crippen molar-refractivity contribution >= 4 is 57.7 Å². The van der Waals surface area contributed by atoms with Crippen LogP contribution in [-0.2, 0) is 9.59 Å². The van der Waals surface area contributed by atoms with Crippen LogP contribution in [0.25, 0.3) is 17.3 Å². The number of nitrogens with zero attached hydrogens (tertiary/aromatic N) is 2. The maximum absolute atomic E-state index is 13.3. The summed E-state index contributed by atoms with van der Waals surface area (Å²) in [6, 6.07) is 25.2. The second-order valence-corrected chi connectivity index (χ2v) is 11.7. The number of thiazole rings is 1. The van der Waals surface area contributed by atoms with E-state index >= 15 is 0 Å². The van der Waals surface area contributed by atoms with Crippen LogP contribution in [0, 0.1) is 5.82 Å². The molecule has 0 fully saturated rings. The molecule has 0 saturated heterocycles. The molecule has 0 radical (unpaired) electrons. The summed E-state index contributed by atoms with van der Waals surface area (Å²) >= 11 is 2.60. The first-order valence-electron chi connectivity index (χ1n) is 13.4. The van der Waals surface area contributed by atoms with Gasteiger partial charge in [0.05, 0.1) is 10.9 Å². The van der Waals surface area contributed by atoms with Gasteiger partial charge in [0.15, 0.2) is 5.13 Å². The van der Waals surface area contributed by atoms with Crippen molar-refractivity contribution in [2.45, 2.75) is 17.1 Å². The summed E-state index contributed by atoms with van der Waals surface area (Å²) in [6.07, 6.45) is 4.75. The largest absolute Gasteiger partial charge is 0.321 e. The fourth-order valence-electron chi connectivity index (χ4n) is 3.97. The standard InChI is InChI=1S/C33H26FN5O3S2/c1-21(30(40)39-33-38-29(20-43-33)23-12-14-25(34)15-13-23)44-27-11-5-10-26(18-27)36-32(42)28(17-22-7-6-16-35-19-22)37-31(41)24-8-3-2-4-9-24/h2-21H,1H3,(H,36,42)(H,37,41)(H,38,39,40)/b28-17-. The van der Waals surface area contributed by atoms with E-state index in [0.717, 1.165) is 10.5 Å². The molecule has 2 heterocycles. The molecule has 3 aromatic carbocycles. The highest BCUT2D eigenvalue weighted by atomic mass is 32.2. The molecule has 44 heavy (non-hydrogen) atoms. The van der Waals surface area contributed by atoms with Gasteiger partial charge in [-0.1, -0.05) is 30.3 Å². The lowest BCUT2D eigenvalue weighted by molar-refractivity contribution is -0.115. The highest BCUT2D eigenvalue weighted by molar-refractivity contribution is 8.00. The Morgan fingerprint density at radius 1 is 0.932 bits per heavy atom. The molecule has 0 aliphatic heterocycles. The molecule has 0 aliphatic carbocycles. The van der Waals surface area contributed by atoms with Gasteiger partial charge >= 0.3 is 0 Å². The summed E-state index contributed by atoms with van der Waals surface area (Å²) in [5.74, 6) is -1.52. The normalized spacial score (nSPS) is 11.8. The number of halogens is 1. The number of amides is 3. The molecule has 0 saturated carbocycles. The van der Waals surface area contributed by atoms with Crippen molar-refractivity contribution < 1.29 is 18.8 Å². The van der Waals surface area contributed by atoms with Gasteiger partial charge < -0.3 is 16.0 Å². The molecule has 2 aromatic heterocycles. The number of benzene rings is 3. The summed E-state index contributed by atoms with van der Waals surface area (Å²) in [7, 11) is 0. The number of aromatic nitrogens is 2. The number of hydrogen-bond acceptors (Lipinski definition) is 7. The second kappa shape index (κ2) is 14.4. The molecule has 3 amide bonds. The van der Waals surface area contributed by atoms with Gasteiger partial charge in [0.2, 0.25) is 5.91 Å². The van der Waals surface area contributed by atoms with Crippen LogP contribution in [0.5, 0.6) is 0 Å². The summed E-state index contributed by atoms with van der Waals surface area (Å²) in [6.45, 7) is 1.77. The van der Waals surface area contributed by atoms with Crippen LogP contribution in [0.4, 0.5) is 15.2 Å². The average Bonchev–Trinajstić information content (AvgIpc) is 3.50. The number of carbonyl (C=O) groups excluding carboxylic acids is 3. The first kappa shape index (κ1) is 30.3. The fraction of sp³-hybridized carbons (Fsp3) is 0.0606. The summed E-state index contributed by atoms with van der Waals surface area (Å²) < 4.78 is 13.2. The minimum absolute atomic E-state index is 0.0427. The molecule has 0 spiro atoms. The van der Waals surface area contributed by atoms with E-state index in [9.17, 15) is 18.8 Å². The molecule has 5 aromatic rings. The number of rotatable bonds is 10. The van der Waals surface area contributed by atoms with Crippen LogP contribution in [0.15, 0.2) is 119 Å². The molecular weight excluding hydrogens is 598 g/mol. The Bertz CT molecular complexity index is 1800. The number of anilines is 2. The van der Waals surface area contributed by atoms with Gasteiger partial charge in [-0.15, -0.1) is 23.1 Å². The molecule has 0 bridgehead atoms. The van der Waals surface area contributed by atoms with Crippen LogP contribution in [0.2, 0.25) is 0 Å². The molecule has 3 N–H and O–H groups in total. The first-order chi connectivity index (χ1) is 21.3. The monoisotopic (exact) mass is 623 g/mol. The predicted octanol–water partition coefficient (Wildman–Crippen LogP) is 6.87. The zero-order valence-corrected chi connectivity index (χ0v) is 25.0. The van der Waals surface area contributed by atoms with Gasteiger partial charge in [0.1, 0.15) is 11.5 Å². The lowest BCUT2D eigenvalue weighted by atomic mass is 10.2. The van der Waals surface area contributed by atoms with E-state index in [1.54, 1.807) is 104 Å². The Kier molecular flexibility index (Phi) is 9.90. The van der Waals surface area contributed by atoms with E-state index in [1.165, 1.54) is 35.2 Å². The van der Waals surface area contributed by atoms with Crippen LogP contribution >= 0.6 is 23.1 Å². The van der Waals surface area contributed by atoms with Crippen molar-refractivity contribution in [1.82, 2.24) is 15.3 Å². The second-order valence-electron chi connectivity index (χ2n) is 9.44. The Hall–Kier alpha value is -5.13. The predicted molar refractivity (Wildman–Crippen MR) is 173 cm³/mol. The van der Waals surface area contributed by atoms with Crippen molar-refractivity contribution in [2.75, 3.05) is 10.6 Å². The smallest absolute Gasteiger partial charge is 0.272 e. The Balaban J connectivity index is 1.24. The quantitative estimate of drug-likeness (QED) is 0.116. The molecule has 220 valence electrons. The van der Waals surface area contributed by atoms with Crippen molar-refractivity contribution in [3.63, 3.8) is 0 Å². The summed E-state index contributed by atoms with van der Waals surface area (Å²) in [4.78, 5) is 48.4. The molecule has 1 atom stereocenters. The molecule has 5 rings (SSSR count). The summed E-state index contributed by atoms with van der Waals surface area (Å²) in [5, 5.41) is 10.1. The molecule has 1 unspecified atom stereocenters. The van der Waals surface area contributed by atoms with Gasteiger partial charge in [0, 0.05) is 39.5 Å². The lowest BCUT2D eigenvalue weighted by Crippen LogP contribution is -2.30. The van der Waals surface area contributed by atoms with Gasteiger partial charge in [-0.3, -0.25) is 19.4 Å². The van der Waals surface area contributed by atoms with Crippen LogP contribution in [0.1, 0.15) is 22.8 Å². The molecule has 0 aliphatic rings. The highest BCUT2D eigenvalue weighted by Crippen LogP contribution is 2.29. The third kappa shape index (κ3) is 8.24. The number of carbonyl (C=O) groups is 3. The molecule has 8 nitrogen and oxygen atoms in total. The van der Waals surface area contributed by atoms with E-state index in [1.807, 2.05) is 6.07 Å². The first-order valence-corrected chi connectivity index (χ1v) is 15.2. The van der Waals surface area contributed by atoms with E-state index in [4.69, 9.17) is 0 Å². The SMILES string of the molecule is CC(Sc1cccc(NC(=O)/C(=C/c2cccnc2)NC(=O)c2ccccc2)c1)C(=O)Nc1nc(-c2ccc(F)cc2)cs1. The number of pyridine rings is 1. The lowest BCUT2D eigenvalue weighted by Gasteiger charge is -2.13. The van der Waals surface area contributed by atoms with Crippen molar-refractivity contribution in [1.29, 1.82) is 0 Å². The fourth-order valence-corrected chi connectivity index (χ4v) is 5.61. The van der Waals surface area contributed by atoms with Crippen molar-refractivity contribution in [3.05, 3.63) is 131 Å². The number of nitrogens with one attached hydrogen (secondary N) is 3. The minimum Gasteiger partial charge on any atom is -0.321 e. The van der Waals surface area contributed by atoms with Crippen LogP contribution in [0.3, 0.4) is 0 Å². The van der Waals surface area contributed by atoms with Crippen LogP contribution in [-0.4, -0.2) is 32.9 Å². The Morgan fingerprint density at radius 3 is 2.48 bits per heavy atom. The molecular formula is C33H26FN5O3S2. The maximum Gasteiger partial charge on any atom is 0.272 e. The third-order valence-electron chi connectivity index (χ3n) is 6.17. The Labute approximate surface area is 261 Å². The van der Waals surface area contributed by atoms with Crippen molar-refractivity contribution in [3.8, 4) is 11.3 Å². The van der Waals surface area contributed by atoms with E-state index < -0.39 is 17.1 Å². The van der Waals surface area contributed by atoms with E-state index in [2.05, 4.69) is 25.9 Å². The average molecular weight is 624 g/mol. The van der Waals surface area contributed by atoms with Gasteiger partial charge in [-0.2, -0.15) is 0 Å². The zero-order chi connectivity index (χ0) is 30.9. The number of thioether (sulfide) groups is 1. The topological polar surface area (TPSA) is 113 Å². The van der Waals surface area contributed by atoms with E-state index in [-0.39, 0.29) is 17.4 Å².